The van der Waals surface area contributed by atoms with E-state index in [0.717, 1.165) is 5.56 Å². The summed E-state index contributed by atoms with van der Waals surface area (Å²) < 4.78 is 1.40. The first-order valence-electron chi connectivity index (χ1n) is 4.36. The van der Waals surface area contributed by atoms with Crippen LogP contribution in [-0.2, 0) is 0 Å². The topological polar surface area (TPSA) is 32.3 Å². The van der Waals surface area contributed by atoms with Crippen molar-refractivity contribution in [1.82, 2.24) is 5.32 Å². The van der Waals surface area contributed by atoms with Crippen LogP contribution in [0, 0.1) is 0 Å². The number of hydrogen-bond donors (Lipinski definition) is 2. The molecule has 14 heavy (non-hydrogen) atoms. The molecule has 2 atom stereocenters. The van der Waals surface area contributed by atoms with Gasteiger partial charge in [-0.3, -0.25) is 0 Å². The zero-order valence-electron chi connectivity index (χ0n) is 8.05. The Morgan fingerprint density at radius 2 is 2.14 bits per heavy atom. The molecule has 0 aromatic carbocycles. The summed E-state index contributed by atoms with van der Waals surface area (Å²) in [6.07, 6.45) is 0. The molecule has 0 bridgehead atoms. The molecule has 0 aliphatic rings. The molecule has 1 aromatic heterocycles. The average molecular weight is 254 g/mol. The molecule has 0 saturated heterocycles. The van der Waals surface area contributed by atoms with Gasteiger partial charge < -0.3 is 10.4 Å². The van der Waals surface area contributed by atoms with Crippen molar-refractivity contribution in [2.24, 2.45) is 0 Å². The van der Waals surface area contributed by atoms with Gasteiger partial charge in [0.25, 0.3) is 0 Å². The lowest BCUT2D eigenvalue weighted by Gasteiger charge is -2.17. The van der Waals surface area contributed by atoms with Gasteiger partial charge in [0, 0.05) is 12.1 Å². The molecule has 0 saturated carbocycles. The van der Waals surface area contributed by atoms with Gasteiger partial charge in [-0.25, -0.2) is 0 Å². The highest BCUT2D eigenvalue weighted by Gasteiger charge is 2.14. The van der Waals surface area contributed by atoms with Crippen molar-refractivity contribution in [3.05, 3.63) is 20.3 Å². The summed E-state index contributed by atoms with van der Waals surface area (Å²) in [4.78, 5) is 0. The van der Waals surface area contributed by atoms with E-state index < -0.39 is 0 Å². The minimum Gasteiger partial charge on any atom is -0.395 e. The molecule has 0 spiro atoms. The number of aliphatic hydroxyl groups is 1. The van der Waals surface area contributed by atoms with E-state index in [-0.39, 0.29) is 18.7 Å². The van der Waals surface area contributed by atoms with E-state index in [0.29, 0.717) is 8.67 Å². The largest absolute Gasteiger partial charge is 0.395 e. The maximum absolute atomic E-state index is 8.89. The summed E-state index contributed by atoms with van der Waals surface area (Å²) in [6, 6.07) is 2.02. The van der Waals surface area contributed by atoms with Crippen LogP contribution < -0.4 is 5.32 Å². The van der Waals surface area contributed by atoms with Gasteiger partial charge in [-0.05, 0) is 25.5 Å². The highest BCUT2D eigenvalue weighted by molar-refractivity contribution is 7.20. The van der Waals surface area contributed by atoms with Gasteiger partial charge in [-0.2, -0.15) is 0 Å². The normalized spacial score (nSPS) is 15.5. The number of rotatable bonds is 4. The Morgan fingerprint density at radius 1 is 1.50 bits per heavy atom. The zero-order valence-corrected chi connectivity index (χ0v) is 10.4. The predicted octanol–water partition coefficient (Wildman–Crippen LogP) is 3.09. The van der Waals surface area contributed by atoms with Crippen molar-refractivity contribution in [2.45, 2.75) is 25.9 Å². The van der Waals surface area contributed by atoms with Crippen LogP contribution in [0.15, 0.2) is 6.07 Å². The van der Waals surface area contributed by atoms with Gasteiger partial charge in [0.2, 0.25) is 0 Å². The van der Waals surface area contributed by atoms with Gasteiger partial charge >= 0.3 is 0 Å². The lowest BCUT2D eigenvalue weighted by atomic mass is 10.1. The first-order valence-corrected chi connectivity index (χ1v) is 5.93. The zero-order chi connectivity index (χ0) is 10.7. The highest BCUT2D eigenvalue weighted by Crippen LogP contribution is 2.34. The number of halogens is 2. The Labute approximate surface area is 97.8 Å². The molecule has 0 fully saturated rings. The molecular formula is C9H13Cl2NOS. The molecule has 1 heterocycles. The first-order chi connectivity index (χ1) is 6.54. The molecule has 1 aromatic rings. The number of thiophene rings is 1. The quantitative estimate of drug-likeness (QED) is 0.865. The van der Waals surface area contributed by atoms with E-state index in [4.69, 9.17) is 28.3 Å². The molecule has 2 N–H and O–H groups in total. The van der Waals surface area contributed by atoms with Gasteiger partial charge in [-0.15, -0.1) is 11.3 Å². The molecule has 5 heteroatoms. The number of aliphatic hydroxyl groups excluding tert-OH is 1. The summed E-state index contributed by atoms with van der Waals surface area (Å²) in [5.74, 6) is 0. The Hall–Kier alpha value is 0.200. The fourth-order valence-corrected chi connectivity index (χ4v) is 2.86. The predicted molar refractivity (Wildman–Crippen MR) is 62.4 cm³/mol. The lowest BCUT2D eigenvalue weighted by molar-refractivity contribution is 0.243. The molecule has 1 rings (SSSR count). The van der Waals surface area contributed by atoms with Gasteiger partial charge in [-0.1, -0.05) is 23.2 Å². The lowest BCUT2D eigenvalue weighted by Crippen LogP contribution is -2.31. The van der Waals surface area contributed by atoms with Crippen LogP contribution >= 0.6 is 34.5 Å². The van der Waals surface area contributed by atoms with Crippen molar-refractivity contribution in [3.8, 4) is 0 Å². The second kappa shape index (κ2) is 5.33. The minimum absolute atomic E-state index is 0.0553. The van der Waals surface area contributed by atoms with Crippen LogP contribution in [0.5, 0.6) is 0 Å². The molecule has 0 aliphatic carbocycles. The molecular weight excluding hydrogens is 241 g/mol. The molecule has 2 nitrogen and oxygen atoms in total. The smallest absolute Gasteiger partial charge is 0.0991 e. The third-order valence-corrected chi connectivity index (χ3v) is 3.48. The van der Waals surface area contributed by atoms with E-state index in [2.05, 4.69) is 5.32 Å². The number of nitrogens with one attached hydrogen (secondary N) is 1. The number of hydrogen-bond acceptors (Lipinski definition) is 3. The Bertz CT molecular complexity index is 303. The molecule has 0 aliphatic heterocycles. The van der Waals surface area contributed by atoms with E-state index in [9.17, 15) is 0 Å². The summed E-state index contributed by atoms with van der Waals surface area (Å²) in [6.45, 7) is 4.02. The van der Waals surface area contributed by atoms with Crippen molar-refractivity contribution < 1.29 is 5.11 Å². The monoisotopic (exact) mass is 253 g/mol. The fraction of sp³-hybridized carbons (Fsp3) is 0.556. The Kier molecular flexibility index (Phi) is 4.67. The molecule has 0 radical (unpaired) electrons. The summed E-state index contributed by atoms with van der Waals surface area (Å²) in [7, 11) is 0. The van der Waals surface area contributed by atoms with E-state index in [1.807, 2.05) is 19.9 Å². The Balaban J connectivity index is 2.69. The second-order valence-corrected chi connectivity index (χ2v) is 5.54. The fourth-order valence-electron chi connectivity index (χ4n) is 1.22. The van der Waals surface area contributed by atoms with Crippen LogP contribution in [0.25, 0.3) is 0 Å². The SMILES string of the molecule is CC(N[C@H](C)CO)c1cc(Cl)sc1Cl. The van der Waals surface area contributed by atoms with E-state index in [1.54, 1.807) is 0 Å². The van der Waals surface area contributed by atoms with Crippen molar-refractivity contribution in [1.29, 1.82) is 0 Å². The van der Waals surface area contributed by atoms with E-state index in [1.165, 1.54) is 11.3 Å². The molecule has 0 amide bonds. The van der Waals surface area contributed by atoms with Crippen LogP contribution in [0.2, 0.25) is 8.67 Å². The summed E-state index contributed by atoms with van der Waals surface area (Å²) in [5, 5.41) is 12.1. The van der Waals surface area contributed by atoms with Crippen LogP contribution in [0.4, 0.5) is 0 Å². The van der Waals surface area contributed by atoms with E-state index >= 15 is 0 Å². The molecule has 1 unspecified atom stereocenters. The van der Waals surface area contributed by atoms with Crippen molar-refractivity contribution in [2.75, 3.05) is 6.61 Å². The third kappa shape index (κ3) is 3.11. The Morgan fingerprint density at radius 3 is 2.57 bits per heavy atom. The van der Waals surface area contributed by atoms with Gasteiger partial charge in [0.1, 0.15) is 0 Å². The van der Waals surface area contributed by atoms with Crippen LogP contribution in [0.1, 0.15) is 25.5 Å². The third-order valence-electron chi connectivity index (χ3n) is 1.96. The summed E-state index contributed by atoms with van der Waals surface area (Å²) in [5.41, 5.74) is 0.988. The van der Waals surface area contributed by atoms with Crippen LogP contribution in [0.3, 0.4) is 0 Å². The molecule has 80 valence electrons. The standard InChI is InChI=1S/C9H13Cl2NOS/c1-5(4-13)12-6(2)7-3-8(10)14-9(7)11/h3,5-6,12-13H,4H2,1-2H3/t5-,6?/m1/s1. The summed E-state index contributed by atoms with van der Waals surface area (Å²) >= 11 is 13.2. The second-order valence-electron chi connectivity index (χ2n) is 3.25. The van der Waals surface area contributed by atoms with Crippen LogP contribution in [-0.4, -0.2) is 17.8 Å². The van der Waals surface area contributed by atoms with Gasteiger partial charge in [0.15, 0.2) is 0 Å². The van der Waals surface area contributed by atoms with Crippen molar-refractivity contribution >= 4 is 34.5 Å². The first kappa shape index (κ1) is 12.3. The van der Waals surface area contributed by atoms with Gasteiger partial charge in [0.05, 0.1) is 15.3 Å². The maximum Gasteiger partial charge on any atom is 0.0991 e. The highest BCUT2D eigenvalue weighted by atomic mass is 35.5. The minimum atomic E-state index is 0.0553. The van der Waals surface area contributed by atoms with Crippen molar-refractivity contribution in [3.63, 3.8) is 0 Å². The maximum atomic E-state index is 8.89. The average Bonchev–Trinajstić information content (AvgIpc) is 2.45.